The second-order valence-corrected chi connectivity index (χ2v) is 6.54. The Kier molecular flexibility index (Phi) is 5.14. The van der Waals surface area contributed by atoms with Crippen molar-refractivity contribution in [2.24, 2.45) is 5.41 Å². The first-order valence-electron chi connectivity index (χ1n) is 5.93. The topological polar surface area (TPSA) is 12.0 Å². The standard InChI is InChI=1S/C14H21BrFN/c1-14(2,3)9-12(17-4)8-10-7-11(16)5-6-13(10)15/h5-7,12,17H,8-9H2,1-4H3. The third kappa shape index (κ3) is 5.17. The fourth-order valence-corrected chi connectivity index (χ4v) is 2.39. The SMILES string of the molecule is CNC(Cc1cc(F)ccc1Br)CC(C)(C)C. The third-order valence-corrected chi connectivity index (χ3v) is 3.51. The van der Waals surface area contributed by atoms with Gasteiger partial charge in [-0.1, -0.05) is 36.7 Å². The molecule has 96 valence electrons. The van der Waals surface area contributed by atoms with Crippen molar-refractivity contribution in [1.82, 2.24) is 5.32 Å². The monoisotopic (exact) mass is 301 g/mol. The maximum atomic E-state index is 13.2. The van der Waals surface area contributed by atoms with E-state index in [0.717, 1.165) is 22.9 Å². The van der Waals surface area contributed by atoms with E-state index in [1.807, 2.05) is 7.05 Å². The van der Waals surface area contributed by atoms with Gasteiger partial charge in [-0.3, -0.25) is 0 Å². The number of likely N-dealkylation sites (N-methyl/N-ethyl adjacent to an activating group) is 1. The molecule has 0 aliphatic carbocycles. The lowest BCUT2D eigenvalue weighted by Crippen LogP contribution is -2.32. The van der Waals surface area contributed by atoms with Crippen molar-refractivity contribution in [3.05, 3.63) is 34.1 Å². The van der Waals surface area contributed by atoms with Crippen LogP contribution in [0.1, 0.15) is 32.8 Å². The third-order valence-electron chi connectivity index (χ3n) is 2.74. The van der Waals surface area contributed by atoms with E-state index in [9.17, 15) is 4.39 Å². The van der Waals surface area contributed by atoms with E-state index < -0.39 is 0 Å². The molecule has 0 aliphatic rings. The highest BCUT2D eigenvalue weighted by Crippen LogP contribution is 2.25. The van der Waals surface area contributed by atoms with Gasteiger partial charge in [-0.15, -0.1) is 0 Å². The molecule has 1 unspecified atom stereocenters. The quantitative estimate of drug-likeness (QED) is 0.881. The van der Waals surface area contributed by atoms with Crippen LogP contribution in [0.2, 0.25) is 0 Å². The van der Waals surface area contributed by atoms with E-state index in [4.69, 9.17) is 0 Å². The Morgan fingerprint density at radius 1 is 1.35 bits per heavy atom. The summed E-state index contributed by atoms with van der Waals surface area (Å²) < 4.78 is 14.2. The van der Waals surface area contributed by atoms with Gasteiger partial charge in [0, 0.05) is 10.5 Å². The summed E-state index contributed by atoms with van der Waals surface area (Å²) in [4.78, 5) is 0. The van der Waals surface area contributed by atoms with E-state index in [0.29, 0.717) is 6.04 Å². The molecule has 1 rings (SSSR count). The molecule has 3 heteroatoms. The van der Waals surface area contributed by atoms with E-state index in [1.54, 1.807) is 12.1 Å². The van der Waals surface area contributed by atoms with Gasteiger partial charge in [-0.25, -0.2) is 4.39 Å². The summed E-state index contributed by atoms with van der Waals surface area (Å²) in [6, 6.07) is 5.23. The first-order chi connectivity index (χ1) is 7.81. The van der Waals surface area contributed by atoms with Gasteiger partial charge in [0.25, 0.3) is 0 Å². The molecule has 17 heavy (non-hydrogen) atoms. The molecule has 0 amide bonds. The van der Waals surface area contributed by atoms with Crippen LogP contribution in [0.5, 0.6) is 0 Å². The Balaban J connectivity index is 2.77. The molecular weight excluding hydrogens is 281 g/mol. The van der Waals surface area contributed by atoms with Crippen LogP contribution in [0, 0.1) is 11.2 Å². The first-order valence-corrected chi connectivity index (χ1v) is 6.72. The van der Waals surface area contributed by atoms with Crippen LogP contribution >= 0.6 is 15.9 Å². The molecule has 0 saturated heterocycles. The maximum absolute atomic E-state index is 13.2. The highest BCUT2D eigenvalue weighted by molar-refractivity contribution is 9.10. The lowest BCUT2D eigenvalue weighted by atomic mass is 9.86. The van der Waals surface area contributed by atoms with Crippen molar-refractivity contribution in [2.45, 2.75) is 39.7 Å². The lowest BCUT2D eigenvalue weighted by molar-refractivity contribution is 0.315. The van der Waals surface area contributed by atoms with Gasteiger partial charge < -0.3 is 5.32 Å². The predicted molar refractivity (Wildman–Crippen MR) is 74.7 cm³/mol. The Morgan fingerprint density at radius 3 is 2.53 bits per heavy atom. The fraction of sp³-hybridized carbons (Fsp3) is 0.571. The summed E-state index contributed by atoms with van der Waals surface area (Å²) in [5.74, 6) is -0.172. The molecule has 0 radical (unpaired) electrons. The molecule has 1 nitrogen and oxygen atoms in total. The number of benzene rings is 1. The molecule has 0 aromatic heterocycles. The summed E-state index contributed by atoms with van der Waals surface area (Å²) in [6.45, 7) is 6.66. The minimum Gasteiger partial charge on any atom is -0.317 e. The van der Waals surface area contributed by atoms with Crippen molar-refractivity contribution < 1.29 is 4.39 Å². The van der Waals surface area contributed by atoms with Gasteiger partial charge in [-0.05, 0) is 49.1 Å². The van der Waals surface area contributed by atoms with Gasteiger partial charge in [0.05, 0.1) is 0 Å². The van der Waals surface area contributed by atoms with Crippen LogP contribution in [0.15, 0.2) is 22.7 Å². The maximum Gasteiger partial charge on any atom is 0.123 e. The molecule has 1 atom stereocenters. The second-order valence-electron chi connectivity index (χ2n) is 5.69. The number of hydrogen-bond acceptors (Lipinski definition) is 1. The molecule has 1 aromatic rings. The van der Waals surface area contributed by atoms with E-state index >= 15 is 0 Å². The molecule has 0 fully saturated rings. The van der Waals surface area contributed by atoms with Crippen molar-refractivity contribution in [3.8, 4) is 0 Å². The van der Waals surface area contributed by atoms with Crippen molar-refractivity contribution in [2.75, 3.05) is 7.05 Å². The van der Waals surface area contributed by atoms with Crippen molar-refractivity contribution in [3.63, 3.8) is 0 Å². The predicted octanol–water partition coefficient (Wildman–Crippen LogP) is 4.15. The normalized spacial score (nSPS) is 13.8. The fourth-order valence-electron chi connectivity index (χ4n) is 1.98. The second kappa shape index (κ2) is 5.96. The molecule has 0 spiro atoms. The largest absolute Gasteiger partial charge is 0.317 e. The number of hydrogen-bond donors (Lipinski definition) is 1. The van der Waals surface area contributed by atoms with Crippen LogP contribution in [0.25, 0.3) is 0 Å². The van der Waals surface area contributed by atoms with Crippen LogP contribution < -0.4 is 5.32 Å². The van der Waals surface area contributed by atoms with Gasteiger partial charge in [-0.2, -0.15) is 0 Å². The van der Waals surface area contributed by atoms with Crippen molar-refractivity contribution >= 4 is 15.9 Å². The zero-order chi connectivity index (χ0) is 13.1. The molecule has 0 saturated carbocycles. The summed E-state index contributed by atoms with van der Waals surface area (Å²) in [6.07, 6.45) is 1.90. The highest BCUT2D eigenvalue weighted by atomic mass is 79.9. The van der Waals surface area contributed by atoms with E-state index in [2.05, 4.69) is 42.0 Å². The van der Waals surface area contributed by atoms with Gasteiger partial charge in [0.15, 0.2) is 0 Å². The Morgan fingerprint density at radius 2 is 2.00 bits per heavy atom. The van der Waals surface area contributed by atoms with Gasteiger partial charge in [0.2, 0.25) is 0 Å². The summed E-state index contributed by atoms with van der Waals surface area (Å²) in [7, 11) is 1.96. The Hall–Kier alpha value is -0.410. The number of halogens is 2. The minimum atomic E-state index is -0.172. The Bertz CT molecular complexity index is 371. The molecule has 1 N–H and O–H groups in total. The van der Waals surface area contributed by atoms with E-state index in [1.165, 1.54) is 6.07 Å². The molecule has 1 aromatic carbocycles. The van der Waals surface area contributed by atoms with Crippen LogP contribution in [0.3, 0.4) is 0 Å². The van der Waals surface area contributed by atoms with E-state index in [-0.39, 0.29) is 11.2 Å². The smallest absolute Gasteiger partial charge is 0.123 e. The van der Waals surface area contributed by atoms with Gasteiger partial charge in [0.1, 0.15) is 5.82 Å². The molecular formula is C14H21BrFN. The summed E-state index contributed by atoms with van der Waals surface area (Å²) in [5.41, 5.74) is 1.29. The first kappa shape index (κ1) is 14.7. The van der Waals surface area contributed by atoms with Crippen molar-refractivity contribution in [1.29, 1.82) is 0 Å². The Labute approximate surface area is 112 Å². The lowest BCUT2D eigenvalue weighted by Gasteiger charge is -2.26. The van der Waals surface area contributed by atoms with Gasteiger partial charge >= 0.3 is 0 Å². The summed E-state index contributed by atoms with van der Waals surface area (Å²) >= 11 is 3.47. The van der Waals surface area contributed by atoms with Crippen LogP contribution in [0.4, 0.5) is 4.39 Å². The van der Waals surface area contributed by atoms with Crippen LogP contribution in [-0.2, 0) is 6.42 Å². The minimum absolute atomic E-state index is 0.172. The highest BCUT2D eigenvalue weighted by Gasteiger charge is 2.18. The number of nitrogens with one attached hydrogen (secondary N) is 1. The average Bonchev–Trinajstić information content (AvgIpc) is 2.20. The number of rotatable bonds is 4. The molecule has 0 aliphatic heterocycles. The zero-order valence-corrected chi connectivity index (χ0v) is 12.6. The zero-order valence-electron chi connectivity index (χ0n) is 11.0. The van der Waals surface area contributed by atoms with Crippen LogP contribution in [-0.4, -0.2) is 13.1 Å². The molecule has 0 heterocycles. The average molecular weight is 302 g/mol. The summed E-state index contributed by atoms with van der Waals surface area (Å²) in [5, 5.41) is 3.31. The molecule has 0 bridgehead atoms.